The first-order chi connectivity index (χ1) is 6.78. The predicted octanol–water partition coefficient (Wildman–Crippen LogP) is -0.857. The highest BCUT2D eigenvalue weighted by molar-refractivity contribution is 5.77. The van der Waals surface area contributed by atoms with Crippen LogP contribution in [-0.2, 0) is 4.79 Å². The summed E-state index contributed by atoms with van der Waals surface area (Å²) in [5.74, 6) is 0.935. The zero-order valence-corrected chi connectivity index (χ0v) is 8.57. The molecule has 0 unspecified atom stereocenters. The van der Waals surface area contributed by atoms with Crippen LogP contribution in [0.2, 0.25) is 0 Å². The van der Waals surface area contributed by atoms with Crippen molar-refractivity contribution in [1.29, 1.82) is 0 Å². The molecule has 4 N–H and O–H groups in total. The molecule has 0 radical (unpaired) electrons. The molecule has 0 saturated carbocycles. The van der Waals surface area contributed by atoms with Gasteiger partial charge in [0.05, 0.1) is 12.1 Å². The van der Waals surface area contributed by atoms with Crippen LogP contribution in [0, 0.1) is 12.3 Å². The molecule has 6 heteroatoms. The van der Waals surface area contributed by atoms with E-state index in [1.54, 1.807) is 13.8 Å². The molecule has 0 aliphatic rings. The Bertz CT molecular complexity index is 293. The van der Waals surface area contributed by atoms with Crippen LogP contribution in [0.15, 0.2) is 0 Å². The molecule has 0 aromatic heterocycles. The maximum Gasteiger partial charge on any atom is 0.334 e. The Morgan fingerprint density at radius 1 is 1.53 bits per heavy atom. The molecule has 84 valence electrons. The van der Waals surface area contributed by atoms with Crippen LogP contribution < -0.4 is 10.6 Å². The van der Waals surface area contributed by atoms with Gasteiger partial charge in [-0.2, -0.15) is 0 Å². The second-order valence-corrected chi connectivity index (χ2v) is 3.46. The fraction of sp³-hybridized carbons (Fsp3) is 0.556. The third kappa shape index (κ3) is 5.54. The van der Waals surface area contributed by atoms with Crippen molar-refractivity contribution in [2.45, 2.75) is 25.5 Å². The van der Waals surface area contributed by atoms with Crippen LogP contribution in [0.5, 0.6) is 0 Å². The number of aliphatic hydroxyl groups excluding tert-OH is 1. The molecule has 0 spiro atoms. The van der Waals surface area contributed by atoms with Gasteiger partial charge in [0.25, 0.3) is 0 Å². The first-order valence-electron chi connectivity index (χ1n) is 4.23. The molecule has 6 nitrogen and oxygen atoms in total. The van der Waals surface area contributed by atoms with Crippen molar-refractivity contribution >= 4 is 12.0 Å². The standard InChI is InChI=1S/C9H14N2O4/c1-4-9(2,3)11-8(15)10-5-6(12)7(13)14/h1,6,12H,5H2,2-3H3,(H,13,14)(H2,10,11,15)/t6-/m0/s1. The number of aliphatic hydroxyl groups is 1. The topological polar surface area (TPSA) is 98.7 Å². The lowest BCUT2D eigenvalue weighted by Crippen LogP contribution is -2.49. The van der Waals surface area contributed by atoms with Crippen LogP contribution in [0.3, 0.4) is 0 Å². The van der Waals surface area contributed by atoms with Crippen molar-refractivity contribution in [2.24, 2.45) is 0 Å². The van der Waals surface area contributed by atoms with Crippen LogP contribution in [-0.4, -0.2) is 40.4 Å². The van der Waals surface area contributed by atoms with Gasteiger partial charge in [0.1, 0.15) is 0 Å². The Morgan fingerprint density at radius 3 is 2.47 bits per heavy atom. The maximum absolute atomic E-state index is 11.1. The van der Waals surface area contributed by atoms with Gasteiger partial charge in [0.2, 0.25) is 0 Å². The number of carboxylic acid groups (broad SMARTS) is 1. The lowest BCUT2D eigenvalue weighted by atomic mass is 10.1. The molecule has 0 aliphatic carbocycles. The van der Waals surface area contributed by atoms with E-state index in [0.29, 0.717) is 0 Å². The molecule has 2 amide bonds. The Hall–Kier alpha value is -1.74. The normalized spacial score (nSPS) is 12.4. The molecular weight excluding hydrogens is 200 g/mol. The second kappa shape index (κ2) is 5.22. The van der Waals surface area contributed by atoms with Crippen molar-refractivity contribution in [3.63, 3.8) is 0 Å². The number of aliphatic carboxylic acids is 1. The number of terminal acetylenes is 1. The van der Waals surface area contributed by atoms with Gasteiger partial charge >= 0.3 is 12.0 Å². The van der Waals surface area contributed by atoms with Crippen molar-refractivity contribution in [2.75, 3.05) is 6.54 Å². The fourth-order valence-electron chi connectivity index (χ4n) is 0.641. The van der Waals surface area contributed by atoms with Gasteiger partial charge in [-0.25, -0.2) is 9.59 Å². The highest BCUT2D eigenvalue weighted by Gasteiger charge is 2.18. The summed E-state index contributed by atoms with van der Waals surface area (Å²) < 4.78 is 0. The maximum atomic E-state index is 11.1. The minimum Gasteiger partial charge on any atom is -0.479 e. The van der Waals surface area contributed by atoms with Crippen LogP contribution in [0.25, 0.3) is 0 Å². The van der Waals surface area contributed by atoms with E-state index in [4.69, 9.17) is 16.6 Å². The molecule has 15 heavy (non-hydrogen) atoms. The Kier molecular flexibility index (Phi) is 4.61. The van der Waals surface area contributed by atoms with Gasteiger partial charge in [-0.3, -0.25) is 0 Å². The van der Waals surface area contributed by atoms with E-state index in [9.17, 15) is 9.59 Å². The van der Waals surface area contributed by atoms with E-state index in [1.165, 1.54) is 0 Å². The van der Waals surface area contributed by atoms with Gasteiger partial charge in [0.15, 0.2) is 6.10 Å². The second-order valence-electron chi connectivity index (χ2n) is 3.46. The van der Waals surface area contributed by atoms with Crippen molar-refractivity contribution in [3.8, 4) is 12.3 Å². The van der Waals surface area contributed by atoms with E-state index in [-0.39, 0.29) is 6.54 Å². The van der Waals surface area contributed by atoms with Crippen molar-refractivity contribution in [1.82, 2.24) is 10.6 Å². The average Bonchev–Trinajstić information content (AvgIpc) is 2.13. The summed E-state index contributed by atoms with van der Waals surface area (Å²) in [6.07, 6.45) is 3.50. The molecular formula is C9H14N2O4. The largest absolute Gasteiger partial charge is 0.479 e. The lowest BCUT2D eigenvalue weighted by Gasteiger charge is -2.20. The number of rotatable bonds is 4. The summed E-state index contributed by atoms with van der Waals surface area (Å²) in [6, 6.07) is -0.627. The first kappa shape index (κ1) is 13.3. The van der Waals surface area contributed by atoms with Crippen LogP contribution in [0.4, 0.5) is 4.79 Å². The minimum atomic E-state index is -1.62. The Labute approximate surface area is 87.7 Å². The van der Waals surface area contributed by atoms with Crippen LogP contribution >= 0.6 is 0 Å². The van der Waals surface area contributed by atoms with E-state index in [0.717, 1.165) is 0 Å². The smallest absolute Gasteiger partial charge is 0.334 e. The number of carbonyl (C=O) groups is 2. The number of nitrogens with one attached hydrogen (secondary N) is 2. The highest BCUT2D eigenvalue weighted by Crippen LogP contribution is 1.97. The molecule has 0 heterocycles. The molecule has 0 aliphatic heterocycles. The third-order valence-electron chi connectivity index (χ3n) is 1.53. The van der Waals surface area contributed by atoms with Gasteiger partial charge < -0.3 is 20.8 Å². The molecule has 0 rings (SSSR count). The summed E-state index contributed by atoms with van der Waals surface area (Å²) in [7, 11) is 0. The van der Waals surface area contributed by atoms with Crippen LogP contribution in [0.1, 0.15) is 13.8 Å². The van der Waals surface area contributed by atoms with Gasteiger partial charge in [-0.05, 0) is 13.8 Å². The number of urea groups is 1. The fourth-order valence-corrected chi connectivity index (χ4v) is 0.641. The van der Waals surface area contributed by atoms with E-state index >= 15 is 0 Å². The van der Waals surface area contributed by atoms with Crippen molar-refractivity contribution in [3.05, 3.63) is 0 Å². The Morgan fingerprint density at radius 2 is 2.07 bits per heavy atom. The predicted molar refractivity (Wildman–Crippen MR) is 53.1 cm³/mol. The summed E-state index contributed by atoms with van der Waals surface area (Å²) in [5.41, 5.74) is -0.821. The van der Waals surface area contributed by atoms with Gasteiger partial charge in [-0.15, -0.1) is 6.42 Å². The minimum absolute atomic E-state index is 0.373. The Balaban J connectivity index is 3.97. The SMILES string of the molecule is C#CC(C)(C)NC(=O)NC[C@H](O)C(=O)O. The van der Waals surface area contributed by atoms with Gasteiger partial charge in [-0.1, -0.05) is 5.92 Å². The number of amides is 2. The first-order valence-corrected chi connectivity index (χ1v) is 4.23. The lowest BCUT2D eigenvalue weighted by molar-refractivity contribution is -0.146. The van der Waals surface area contributed by atoms with Crippen molar-refractivity contribution < 1.29 is 19.8 Å². The average molecular weight is 214 g/mol. The number of carbonyl (C=O) groups excluding carboxylic acids is 1. The zero-order chi connectivity index (χ0) is 12.1. The quantitative estimate of drug-likeness (QED) is 0.458. The summed E-state index contributed by atoms with van der Waals surface area (Å²) in [5, 5.41) is 21.8. The number of hydrogen-bond acceptors (Lipinski definition) is 3. The molecule has 1 atom stereocenters. The summed E-state index contributed by atoms with van der Waals surface area (Å²) >= 11 is 0. The zero-order valence-electron chi connectivity index (χ0n) is 8.57. The number of carboxylic acids is 1. The van der Waals surface area contributed by atoms with Gasteiger partial charge in [0, 0.05) is 0 Å². The molecule has 0 fully saturated rings. The van der Waals surface area contributed by atoms with E-state index in [1.807, 2.05) is 0 Å². The monoisotopic (exact) mass is 214 g/mol. The molecule has 0 saturated heterocycles. The summed E-state index contributed by atoms with van der Waals surface area (Å²) in [6.45, 7) is 2.85. The molecule has 0 bridgehead atoms. The molecule has 0 aromatic rings. The highest BCUT2D eigenvalue weighted by atomic mass is 16.4. The summed E-state index contributed by atoms with van der Waals surface area (Å²) in [4.78, 5) is 21.3. The van der Waals surface area contributed by atoms with E-state index in [2.05, 4.69) is 16.6 Å². The third-order valence-corrected chi connectivity index (χ3v) is 1.53. The molecule has 0 aromatic carbocycles. The number of hydrogen-bond donors (Lipinski definition) is 4. The van der Waals surface area contributed by atoms with E-state index < -0.39 is 23.6 Å².